The van der Waals surface area contributed by atoms with Crippen LogP contribution in [0.15, 0.2) is 0 Å². The van der Waals surface area contributed by atoms with Crippen molar-refractivity contribution in [3.8, 4) is 0 Å². The van der Waals surface area contributed by atoms with E-state index in [4.69, 9.17) is 14.2 Å². The SMILES string of the molecule is COC1CC(C2OCCO2)CCC1=O. The summed E-state index contributed by atoms with van der Waals surface area (Å²) < 4.78 is 16.0. The molecule has 1 heterocycles. The number of hydrogen-bond donors (Lipinski definition) is 0. The van der Waals surface area contributed by atoms with Crippen LogP contribution in [-0.2, 0) is 19.0 Å². The van der Waals surface area contributed by atoms with Gasteiger partial charge in [-0.1, -0.05) is 0 Å². The minimum Gasteiger partial charge on any atom is -0.374 e. The van der Waals surface area contributed by atoms with Crippen molar-refractivity contribution in [2.75, 3.05) is 20.3 Å². The highest BCUT2D eigenvalue weighted by Gasteiger charge is 2.35. The highest BCUT2D eigenvalue weighted by molar-refractivity contribution is 5.83. The van der Waals surface area contributed by atoms with E-state index in [9.17, 15) is 4.79 Å². The Morgan fingerprint density at radius 1 is 1.36 bits per heavy atom. The van der Waals surface area contributed by atoms with E-state index in [1.807, 2.05) is 0 Å². The van der Waals surface area contributed by atoms with Crippen LogP contribution in [0.3, 0.4) is 0 Å². The second-order valence-corrected chi connectivity index (χ2v) is 3.84. The van der Waals surface area contributed by atoms with Gasteiger partial charge in [0.05, 0.1) is 13.2 Å². The number of ketones is 1. The van der Waals surface area contributed by atoms with E-state index in [1.54, 1.807) is 7.11 Å². The molecule has 0 aromatic heterocycles. The molecule has 4 heteroatoms. The van der Waals surface area contributed by atoms with Crippen LogP contribution in [0.1, 0.15) is 19.3 Å². The standard InChI is InChI=1S/C10H16O4/c1-12-9-6-7(2-3-8(9)11)10-13-4-5-14-10/h7,9-10H,2-6H2,1H3. The van der Waals surface area contributed by atoms with Gasteiger partial charge in [0.15, 0.2) is 12.1 Å². The first kappa shape index (κ1) is 10.1. The smallest absolute Gasteiger partial charge is 0.161 e. The Balaban J connectivity index is 1.91. The molecule has 0 aromatic carbocycles. The fourth-order valence-electron chi connectivity index (χ4n) is 2.14. The van der Waals surface area contributed by atoms with E-state index >= 15 is 0 Å². The lowest BCUT2D eigenvalue weighted by Crippen LogP contribution is -2.36. The van der Waals surface area contributed by atoms with Gasteiger partial charge < -0.3 is 14.2 Å². The predicted molar refractivity (Wildman–Crippen MR) is 48.8 cm³/mol. The van der Waals surface area contributed by atoms with E-state index in [2.05, 4.69) is 0 Å². The normalized spacial score (nSPS) is 35.1. The molecule has 1 aliphatic carbocycles. The molecule has 1 saturated heterocycles. The molecule has 14 heavy (non-hydrogen) atoms. The molecule has 2 aliphatic rings. The zero-order valence-electron chi connectivity index (χ0n) is 8.40. The molecule has 2 rings (SSSR count). The summed E-state index contributed by atoms with van der Waals surface area (Å²) >= 11 is 0. The molecule has 2 fully saturated rings. The first-order valence-electron chi connectivity index (χ1n) is 5.10. The van der Waals surface area contributed by atoms with Crippen LogP contribution in [0.5, 0.6) is 0 Å². The van der Waals surface area contributed by atoms with Crippen LogP contribution in [-0.4, -0.2) is 38.5 Å². The second-order valence-electron chi connectivity index (χ2n) is 3.84. The molecule has 2 atom stereocenters. The Morgan fingerprint density at radius 2 is 2.07 bits per heavy atom. The first-order chi connectivity index (χ1) is 6.81. The molecule has 0 aromatic rings. The second kappa shape index (κ2) is 4.38. The first-order valence-corrected chi connectivity index (χ1v) is 5.10. The van der Waals surface area contributed by atoms with Crippen molar-refractivity contribution in [1.29, 1.82) is 0 Å². The third-order valence-electron chi connectivity index (χ3n) is 2.95. The maximum absolute atomic E-state index is 11.4. The summed E-state index contributed by atoms with van der Waals surface area (Å²) in [4.78, 5) is 11.4. The van der Waals surface area contributed by atoms with Crippen molar-refractivity contribution in [1.82, 2.24) is 0 Å². The predicted octanol–water partition coefficient (Wildman–Crippen LogP) is 0.743. The highest BCUT2D eigenvalue weighted by Crippen LogP contribution is 2.29. The molecular formula is C10H16O4. The summed E-state index contributed by atoms with van der Waals surface area (Å²) in [5.41, 5.74) is 0. The molecule has 4 nitrogen and oxygen atoms in total. The van der Waals surface area contributed by atoms with Gasteiger partial charge >= 0.3 is 0 Å². The van der Waals surface area contributed by atoms with E-state index in [0.717, 1.165) is 12.8 Å². The lowest BCUT2D eigenvalue weighted by molar-refractivity contribution is -0.142. The summed E-state index contributed by atoms with van der Waals surface area (Å²) in [5, 5.41) is 0. The minimum atomic E-state index is -0.249. The Bertz CT molecular complexity index is 210. The average Bonchev–Trinajstić information content (AvgIpc) is 2.71. The number of carbonyl (C=O) groups is 1. The molecule has 0 N–H and O–H groups in total. The maximum Gasteiger partial charge on any atom is 0.161 e. The van der Waals surface area contributed by atoms with Gasteiger partial charge in [0.25, 0.3) is 0 Å². The number of Topliss-reactive ketones (excluding diaryl/α,β-unsaturated/α-hetero) is 1. The van der Waals surface area contributed by atoms with Crippen molar-refractivity contribution in [3.63, 3.8) is 0 Å². The van der Waals surface area contributed by atoms with Crippen LogP contribution < -0.4 is 0 Å². The number of ether oxygens (including phenoxy) is 3. The third-order valence-corrected chi connectivity index (χ3v) is 2.95. The Hall–Kier alpha value is -0.450. The minimum absolute atomic E-state index is 0.110. The fraction of sp³-hybridized carbons (Fsp3) is 0.900. The van der Waals surface area contributed by atoms with Gasteiger partial charge in [-0.3, -0.25) is 4.79 Å². The molecule has 0 spiro atoms. The van der Waals surface area contributed by atoms with Gasteiger partial charge in [-0.15, -0.1) is 0 Å². The van der Waals surface area contributed by atoms with Gasteiger partial charge in [0.2, 0.25) is 0 Å². The van der Waals surface area contributed by atoms with Crippen molar-refractivity contribution < 1.29 is 19.0 Å². The molecular weight excluding hydrogens is 184 g/mol. The van der Waals surface area contributed by atoms with Crippen molar-refractivity contribution >= 4 is 5.78 Å². The Kier molecular flexibility index (Phi) is 3.15. The van der Waals surface area contributed by atoms with Crippen molar-refractivity contribution in [2.45, 2.75) is 31.7 Å². The third kappa shape index (κ3) is 1.97. The van der Waals surface area contributed by atoms with Crippen LogP contribution in [0.25, 0.3) is 0 Å². The molecule has 80 valence electrons. The van der Waals surface area contributed by atoms with E-state index in [0.29, 0.717) is 25.6 Å². The van der Waals surface area contributed by atoms with Crippen molar-refractivity contribution in [3.05, 3.63) is 0 Å². The summed E-state index contributed by atoms with van der Waals surface area (Å²) in [7, 11) is 1.58. The summed E-state index contributed by atoms with van der Waals surface area (Å²) in [6.45, 7) is 1.35. The summed E-state index contributed by atoms with van der Waals surface area (Å²) in [6.07, 6.45) is 1.83. The van der Waals surface area contributed by atoms with Crippen molar-refractivity contribution in [2.24, 2.45) is 5.92 Å². The Morgan fingerprint density at radius 3 is 2.71 bits per heavy atom. The van der Waals surface area contributed by atoms with E-state index in [-0.39, 0.29) is 18.2 Å². The fourth-order valence-corrected chi connectivity index (χ4v) is 2.14. The van der Waals surface area contributed by atoms with Gasteiger partial charge in [-0.05, 0) is 12.8 Å². The number of methoxy groups -OCH3 is 1. The van der Waals surface area contributed by atoms with E-state index in [1.165, 1.54) is 0 Å². The molecule has 0 bridgehead atoms. The highest BCUT2D eigenvalue weighted by atomic mass is 16.7. The van der Waals surface area contributed by atoms with Gasteiger partial charge in [-0.2, -0.15) is 0 Å². The number of rotatable bonds is 2. The number of carbonyl (C=O) groups excluding carboxylic acids is 1. The molecule has 1 saturated carbocycles. The topological polar surface area (TPSA) is 44.8 Å². The number of hydrogen-bond acceptors (Lipinski definition) is 4. The molecule has 0 amide bonds. The van der Waals surface area contributed by atoms with Gasteiger partial charge in [0.1, 0.15) is 6.10 Å². The summed E-state index contributed by atoms with van der Waals surface area (Å²) in [6, 6.07) is 0. The molecule has 2 unspecified atom stereocenters. The van der Waals surface area contributed by atoms with Gasteiger partial charge in [0, 0.05) is 19.4 Å². The van der Waals surface area contributed by atoms with Crippen LogP contribution in [0.4, 0.5) is 0 Å². The van der Waals surface area contributed by atoms with Gasteiger partial charge in [-0.25, -0.2) is 0 Å². The monoisotopic (exact) mass is 200 g/mol. The van der Waals surface area contributed by atoms with Crippen LogP contribution in [0, 0.1) is 5.92 Å². The lowest BCUT2D eigenvalue weighted by Gasteiger charge is -2.29. The zero-order valence-corrected chi connectivity index (χ0v) is 8.40. The molecule has 1 aliphatic heterocycles. The van der Waals surface area contributed by atoms with Crippen LogP contribution in [0.2, 0.25) is 0 Å². The Labute approximate surface area is 83.5 Å². The lowest BCUT2D eigenvalue weighted by atomic mass is 9.86. The quantitative estimate of drug-likeness (QED) is 0.659. The largest absolute Gasteiger partial charge is 0.374 e. The summed E-state index contributed by atoms with van der Waals surface area (Å²) in [5.74, 6) is 0.530. The van der Waals surface area contributed by atoms with Crippen LogP contribution >= 0.6 is 0 Å². The molecule has 0 radical (unpaired) electrons. The average molecular weight is 200 g/mol. The maximum atomic E-state index is 11.4. The zero-order chi connectivity index (χ0) is 9.97. The van der Waals surface area contributed by atoms with E-state index < -0.39 is 0 Å².